The van der Waals surface area contributed by atoms with E-state index in [4.69, 9.17) is 14.3 Å². The molecule has 7 nitrogen and oxygen atoms in total. The van der Waals surface area contributed by atoms with Crippen molar-refractivity contribution in [1.82, 2.24) is 0 Å². The number of hydrogen-bond acceptors (Lipinski definition) is 6. The van der Waals surface area contributed by atoms with Gasteiger partial charge in [-0.1, -0.05) is 49.7 Å². The Bertz CT molecular complexity index is 1270. The number of methoxy groups -OCH3 is 1. The largest absolute Gasteiger partial charge is 0.493 e. The molecule has 36 heavy (non-hydrogen) atoms. The summed E-state index contributed by atoms with van der Waals surface area (Å²) < 4.78 is 12.4. The maximum absolute atomic E-state index is 13.8. The number of rotatable bonds is 8. The van der Waals surface area contributed by atoms with Gasteiger partial charge in [0.15, 0.2) is 17.6 Å². The third-order valence-electron chi connectivity index (χ3n) is 6.50. The first-order chi connectivity index (χ1) is 17.5. The number of hydroxylamine groups is 1. The number of carbonyl (C=O) groups excluding carboxylic acids is 2. The molecule has 2 saturated heterocycles. The van der Waals surface area contributed by atoms with Gasteiger partial charge >= 0.3 is 0 Å². The van der Waals surface area contributed by atoms with Crippen LogP contribution in [-0.4, -0.2) is 31.6 Å². The summed E-state index contributed by atoms with van der Waals surface area (Å²) in [7, 11) is 1.60. The molecule has 5 rings (SSSR count). The number of para-hydroxylation sites is 2. The first-order valence-corrected chi connectivity index (χ1v) is 13.1. The molecule has 0 bridgehead atoms. The summed E-state index contributed by atoms with van der Waals surface area (Å²) in [6.45, 7) is 2.70. The number of amides is 2. The Labute approximate surface area is 224 Å². The van der Waals surface area contributed by atoms with Crippen molar-refractivity contribution in [3.05, 3.63) is 81.9 Å². The summed E-state index contributed by atoms with van der Waals surface area (Å²) in [5, 5.41) is 1.69. The Kier molecular flexibility index (Phi) is 7.15. The van der Waals surface area contributed by atoms with Crippen molar-refractivity contribution >= 4 is 45.8 Å². The quantitative estimate of drug-likeness (QED) is 0.193. The normalized spacial score (nSPS) is 21.1. The molecule has 3 atom stereocenters. The number of benzene rings is 3. The van der Waals surface area contributed by atoms with Gasteiger partial charge in [-0.2, -0.15) is 0 Å². The highest BCUT2D eigenvalue weighted by Crippen LogP contribution is 2.49. The van der Waals surface area contributed by atoms with Gasteiger partial charge in [-0.15, -0.1) is 0 Å². The SMILES string of the molecule is CCCCOc1ccc([C@H]2[C@@H]3C(=O)N(c4ccccc4I)C(=O)[C@H]3ON2c2ccccc2)cc1OC. The number of anilines is 2. The second-order valence-corrected chi connectivity index (χ2v) is 9.90. The monoisotopic (exact) mass is 598 g/mol. The van der Waals surface area contributed by atoms with E-state index in [2.05, 4.69) is 29.5 Å². The van der Waals surface area contributed by atoms with Crippen molar-refractivity contribution in [1.29, 1.82) is 0 Å². The number of fused-ring (bicyclic) bond motifs is 1. The second kappa shape index (κ2) is 10.5. The Morgan fingerprint density at radius 2 is 1.69 bits per heavy atom. The lowest BCUT2D eigenvalue weighted by atomic mass is 9.90. The van der Waals surface area contributed by atoms with Crippen LogP contribution in [0.15, 0.2) is 72.8 Å². The van der Waals surface area contributed by atoms with E-state index in [1.54, 1.807) is 18.2 Å². The second-order valence-electron chi connectivity index (χ2n) is 8.73. The Hall–Kier alpha value is -3.11. The summed E-state index contributed by atoms with van der Waals surface area (Å²) in [4.78, 5) is 34.9. The van der Waals surface area contributed by atoms with Gasteiger partial charge in [-0.3, -0.25) is 14.4 Å². The van der Waals surface area contributed by atoms with E-state index in [0.717, 1.165) is 27.7 Å². The zero-order valence-electron chi connectivity index (χ0n) is 20.1. The minimum Gasteiger partial charge on any atom is -0.493 e. The fraction of sp³-hybridized carbons (Fsp3) is 0.286. The van der Waals surface area contributed by atoms with E-state index in [9.17, 15) is 9.59 Å². The topological polar surface area (TPSA) is 68.3 Å². The number of nitrogens with zero attached hydrogens (tertiary/aromatic N) is 2. The summed E-state index contributed by atoms with van der Waals surface area (Å²) in [5.74, 6) is -0.133. The number of halogens is 1. The number of imide groups is 1. The molecule has 0 unspecified atom stereocenters. The van der Waals surface area contributed by atoms with E-state index < -0.39 is 18.1 Å². The van der Waals surface area contributed by atoms with Crippen LogP contribution in [-0.2, 0) is 14.4 Å². The van der Waals surface area contributed by atoms with Crippen LogP contribution in [0.2, 0.25) is 0 Å². The molecular formula is C28H27IN2O5. The van der Waals surface area contributed by atoms with Crippen molar-refractivity contribution < 1.29 is 23.9 Å². The number of carbonyl (C=O) groups is 2. The molecule has 2 aliphatic heterocycles. The Balaban J connectivity index is 1.56. The molecule has 2 amide bonds. The first kappa shape index (κ1) is 24.6. The van der Waals surface area contributed by atoms with Crippen LogP contribution in [0, 0.1) is 9.49 Å². The zero-order chi connectivity index (χ0) is 25.2. The lowest BCUT2D eigenvalue weighted by Gasteiger charge is -2.29. The molecule has 8 heteroatoms. The summed E-state index contributed by atoms with van der Waals surface area (Å²) in [6.07, 6.45) is 1.05. The number of ether oxygens (including phenoxy) is 2. The van der Waals surface area contributed by atoms with Gasteiger partial charge in [0.2, 0.25) is 5.91 Å². The average molecular weight is 598 g/mol. The molecule has 3 aromatic carbocycles. The lowest BCUT2D eigenvalue weighted by molar-refractivity contribution is -0.126. The van der Waals surface area contributed by atoms with Gasteiger partial charge in [0.1, 0.15) is 5.92 Å². The third-order valence-corrected chi connectivity index (χ3v) is 7.42. The molecule has 3 aromatic rings. The predicted molar refractivity (Wildman–Crippen MR) is 145 cm³/mol. The maximum Gasteiger partial charge on any atom is 0.266 e. The van der Waals surface area contributed by atoms with Crippen LogP contribution in [0.3, 0.4) is 0 Å². The standard InChI is InChI=1S/C28H27IN2O5/c1-3-4-16-35-22-15-14-18(17-23(22)34-2)25-24-26(36-31(25)19-10-6-5-7-11-19)28(33)30(27(24)32)21-13-9-8-12-20(21)29/h5-15,17,24-26H,3-4,16H2,1-2H3/t24-,25-,26-/m0/s1. The molecule has 0 saturated carbocycles. The van der Waals surface area contributed by atoms with E-state index in [0.29, 0.717) is 23.8 Å². The molecule has 0 aromatic heterocycles. The summed E-state index contributed by atoms with van der Waals surface area (Å²) in [6, 6.07) is 22.0. The molecule has 0 radical (unpaired) electrons. The lowest BCUT2D eigenvalue weighted by Crippen LogP contribution is -2.37. The first-order valence-electron chi connectivity index (χ1n) is 12.0. The molecule has 186 valence electrons. The van der Waals surface area contributed by atoms with Gasteiger partial charge in [0, 0.05) is 3.57 Å². The summed E-state index contributed by atoms with van der Waals surface area (Å²) >= 11 is 2.14. The van der Waals surface area contributed by atoms with E-state index in [-0.39, 0.29) is 11.8 Å². The number of hydrogen-bond donors (Lipinski definition) is 0. The van der Waals surface area contributed by atoms with Gasteiger partial charge in [-0.25, -0.2) is 9.96 Å². The highest BCUT2D eigenvalue weighted by Gasteiger charge is 2.60. The van der Waals surface area contributed by atoms with Gasteiger partial charge in [0.25, 0.3) is 5.91 Å². The molecule has 0 aliphatic carbocycles. The van der Waals surface area contributed by atoms with Crippen LogP contribution < -0.4 is 19.4 Å². The molecule has 2 aliphatic rings. The van der Waals surface area contributed by atoms with Gasteiger partial charge in [-0.05, 0) is 71.0 Å². The van der Waals surface area contributed by atoms with Crippen molar-refractivity contribution in [2.24, 2.45) is 5.92 Å². The molecule has 0 N–H and O–H groups in total. The molecule has 2 fully saturated rings. The van der Waals surface area contributed by atoms with E-state index >= 15 is 0 Å². The van der Waals surface area contributed by atoms with Crippen LogP contribution in [0.5, 0.6) is 11.5 Å². The smallest absolute Gasteiger partial charge is 0.266 e. The molecule has 2 heterocycles. The minimum absolute atomic E-state index is 0.278. The maximum atomic E-state index is 13.8. The van der Waals surface area contributed by atoms with E-state index in [1.165, 1.54) is 4.90 Å². The van der Waals surface area contributed by atoms with Crippen LogP contribution in [0.4, 0.5) is 11.4 Å². The minimum atomic E-state index is -0.926. The highest BCUT2D eigenvalue weighted by molar-refractivity contribution is 14.1. The van der Waals surface area contributed by atoms with E-state index in [1.807, 2.05) is 66.7 Å². The predicted octanol–water partition coefficient (Wildman–Crippen LogP) is 5.53. The third kappa shape index (κ3) is 4.32. The molecule has 0 spiro atoms. The van der Waals surface area contributed by atoms with Crippen LogP contribution in [0.1, 0.15) is 31.4 Å². The average Bonchev–Trinajstić information content (AvgIpc) is 3.41. The van der Waals surface area contributed by atoms with Crippen LogP contribution in [0.25, 0.3) is 0 Å². The van der Waals surface area contributed by atoms with Crippen molar-refractivity contribution in [2.75, 3.05) is 23.7 Å². The highest BCUT2D eigenvalue weighted by atomic mass is 127. The fourth-order valence-electron chi connectivity index (χ4n) is 4.74. The fourth-order valence-corrected chi connectivity index (χ4v) is 5.37. The Morgan fingerprint density at radius 1 is 0.944 bits per heavy atom. The van der Waals surface area contributed by atoms with Crippen molar-refractivity contribution in [2.45, 2.75) is 31.9 Å². The number of unbranched alkanes of at least 4 members (excludes halogenated alkanes) is 1. The van der Waals surface area contributed by atoms with Gasteiger partial charge < -0.3 is 9.47 Å². The molecular weight excluding hydrogens is 571 g/mol. The van der Waals surface area contributed by atoms with Crippen LogP contribution >= 0.6 is 22.6 Å². The van der Waals surface area contributed by atoms with Crippen molar-refractivity contribution in [3.63, 3.8) is 0 Å². The van der Waals surface area contributed by atoms with Crippen molar-refractivity contribution in [3.8, 4) is 11.5 Å². The zero-order valence-corrected chi connectivity index (χ0v) is 22.3. The Morgan fingerprint density at radius 3 is 2.42 bits per heavy atom. The van der Waals surface area contributed by atoms with Gasteiger partial charge in [0.05, 0.1) is 31.1 Å². The summed E-state index contributed by atoms with van der Waals surface area (Å²) in [5.41, 5.74) is 2.14.